The molecular weight excluding hydrogens is 275 g/mol. The number of hydrogen-bond acceptors (Lipinski definition) is 4. The molecule has 2 heterocycles. The molecule has 1 amide bonds. The van der Waals surface area contributed by atoms with Gasteiger partial charge in [-0.15, -0.1) is 5.10 Å². The number of aryl methyl sites for hydroxylation is 1. The smallest absolute Gasteiger partial charge is 0.308 e. The van der Waals surface area contributed by atoms with Crippen LogP contribution in [0.5, 0.6) is 0 Å². The molecule has 9 heteroatoms. The van der Waals surface area contributed by atoms with Gasteiger partial charge in [-0.25, -0.2) is 0 Å². The number of aromatic nitrogens is 4. The van der Waals surface area contributed by atoms with Crippen molar-refractivity contribution in [2.24, 2.45) is 0 Å². The molecule has 6 nitrogen and oxygen atoms in total. The highest BCUT2D eigenvalue weighted by Crippen LogP contribution is 2.28. The molecular formula is C11H10F3N5O. The third kappa shape index (κ3) is 3.31. The van der Waals surface area contributed by atoms with Gasteiger partial charge in [-0.1, -0.05) is 0 Å². The quantitative estimate of drug-likeness (QED) is 0.930. The number of anilines is 1. The monoisotopic (exact) mass is 285 g/mol. The average Bonchev–Trinajstić information content (AvgIpc) is 2.72. The molecule has 0 saturated heterocycles. The van der Waals surface area contributed by atoms with Gasteiger partial charge < -0.3 is 5.32 Å². The molecule has 2 aromatic rings. The Morgan fingerprint density at radius 1 is 1.45 bits per heavy atom. The molecule has 0 unspecified atom stereocenters. The van der Waals surface area contributed by atoms with Crippen molar-refractivity contribution in [1.82, 2.24) is 20.0 Å². The lowest BCUT2D eigenvalue weighted by Gasteiger charge is -2.05. The Labute approximate surface area is 111 Å². The predicted octanol–water partition coefficient (Wildman–Crippen LogP) is 1.64. The van der Waals surface area contributed by atoms with Crippen molar-refractivity contribution in [2.75, 3.05) is 5.32 Å². The molecule has 0 bridgehead atoms. The maximum absolute atomic E-state index is 12.5. The van der Waals surface area contributed by atoms with Gasteiger partial charge in [-0.05, 0) is 25.1 Å². The van der Waals surface area contributed by atoms with Gasteiger partial charge in [0, 0.05) is 11.9 Å². The normalized spacial score (nSPS) is 11.4. The van der Waals surface area contributed by atoms with E-state index >= 15 is 0 Å². The lowest BCUT2D eigenvalue weighted by Crippen LogP contribution is -2.21. The van der Waals surface area contributed by atoms with Crippen LogP contribution in [0.1, 0.15) is 11.4 Å². The molecule has 0 atom stereocenters. The zero-order valence-electron chi connectivity index (χ0n) is 10.3. The minimum absolute atomic E-state index is 0.221. The Morgan fingerprint density at radius 2 is 2.20 bits per heavy atom. The lowest BCUT2D eigenvalue weighted by atomic mass is 10.3. The first-order valence-corrected chi connectivity index (χ1v) is 5.55. The average molecular weight is 285 g/mol. The Kier molecular flexibility index (Phi) is 3.68. The van der Waals surface area contributed by atoms with Gasteiger partial charge >= 0.3 is 6.18 Å². The number of carbonyl (C=O) groups is 1. The van der Waals surface area contributed by atoms with E-state index < -0.39 is 17.8 Å². The second-order valence-corrected chi connectivity index (χ2v) is 3.98. The van der Waals surface area contributed by atoms with Gasteiger partial charge in [0.05, 0.1) is 0 Å². The maximum atomic E-state index is 12.5. The summed E-state index contributed by atoms with van der Waals surface area (Å²) in [5.74, 6) is -0.316. The molecule has 0 aliphatic heterocycles. The highest BCUT2D eigenvalue weighted by atomic mass is 19.4. The summed E-state index contributed by atoms with van der Waals surface area (Å²) in [5, 5.41) is 13.0. The van der Waals surface area contributed by atoms with Crippen molar-refractivity contribution in [3.63, 3.8) is 0 Å². The Bertz CT molecular complexity index is 608. The first-order valence-electron chi connectivity index (χ1n) is 5.55. The van der Waals surface area contributed by atoms with E-state index in [9.17, 15) is 18.0 Å². The Morgan fingerprint density at radius 3 is 2.75 bits per heavy atom. The van der Waals surface area contributed by atoms with Crippen molar-refractivity contribution in [1.29, 1.82) is 0 Å². The number of rotatable bonds is 3. The van der Waals surface area contributed by atoms with Crippen LogP contribution in [0.3, 0.4) is 0 Å². The summed E-state index contributed by atoms with van der Waals surface area (Å²) in [5.41, 5.74) is -0.783. The third-order valence-electron chi connectivity index (χ3n) is 2.40. The number of nitrogens with zero attached hydrogens (tertiary/aromatic N) is 4. The minimum Gasteiger partial charge on any atom is -0.308 e. The summed E-state index contributed by atoms with van der Waals surface area (Å²) in [4.78, 5) is 11.7. The van der Waals surface area contributed by atoms with Crippen molar-refractivity contribution >= 4 is 11.7 Å². The summed E-state index contributed by atoms with van der Waals surface area (Å²) in [7, 11) is 0. The second-order valence-electron chi connectivity index (χ2n) is 3.98. The highest BCUT2D eigenvalue weighted by molar-refractivity contribution is 5.89. The third-order valence-corrected chi connectivity index (χ3v) is 2.40. The number of hydrogen-bond donors (Lipinski definition) is 1. The zero-order chi connectivity index (χ0) is 14.8. The molecule has 0 aromatic carbocycles. The molecule has 0 saturated carbocycles. The number of nitrogens with one attached hydrogen (secondary N) is 1. The summed E-state index contributed by atoms with van der Waals surface area (Å²) < 4.78 is 38.4. The summed E-state index contributed by atoms with van der Waals surface area (Å²) >= 11 is 0. The van der Waals surface area contributed by atoms with E-state index in [1.165, 1.54) is 19.2 Å². The van der Waals surface area contributed by atoms with Crippen LogP contribution in [0, 0.1) is 6.92 Å². The van der Waals surface area contributed by atoms with Crippen LogP contribution >= 0.6 is 0 Å². The fourth-order valence-electron chi connectivity index (χ4n) is 1.50. The van der Waals surface area contributed by atoms with Crippen LogP contribution in [0.25, 0.3) is 0 Å². The standard InChI is InChI=1S/C11H10F3N5O/c1-7-5-8(11(12,13)14)18-19(7)6-10(20)16-9-3-2-4-15-17-9/h2-5H,6H2,1H3,(H,16,17,20). The fraction of sp³-hybridized carbons (Fsp3) is 0.273. The van der Waals surface area contributed by atoms with Crippen molar-refractivity contribution < 1.29 is 18.0 Å². The highest BCUT2D eigenvalue weighted by Gasteiger charge is 2.34. The van der Waals surface area contributed by atoms with Gasteiger partial charge in [0.1, 0.15) is 6.54 Å². The van der Waals surface area contributed by atoms with Gasteiger partial charge in [-0.2, -0.15) is 23.4 Å². The lowest BCUT2D eigenvalue weighted by molar-refractivity contribution is -0.141. The molecule has 0 spiro atoms. The number of halogens is 3. The molecule has 0 fully saturated rings. The molecule has 0 radical (unpaired) electrons. The van der Waals surface area contributed by atoms with Crippen molar-refractivity contribution in [3.05, 3.63) is 35.8 Å². The van der Waals surface area contributed by atoms with Crippen LogP contribution in [-0.4, -0.2) is 25.9 Å². The number of alkyl halides is 3. The zero-order valence-corrected chi connectivity index (χ0v) is 10.3. The Balaban J connectivity index is 2.07. The predicted molar refractivity (Wildman–Crippen MR) is 62.6 cm³/mol. The SMILES string of the molecule is Cc1cc(C(F)(F)F)nn1CC(=O)Nc1cccnn1. The molecule has 1 N–H and O–H groups in total. The van der Waals surface area contributed by atoms with Gasteiger partial charge in [0.15, 0.2) is 11.5 Å². The van der Waals surface area contributed by atoms with E-state index in [0.29, 0.717) is 0 Å². The van der Waals surface area contributed by atoms with E-state index in [0.717, 1.165) is 10.7 Å². The molecule has 0 aliphatic rings. The largest absolute Gasteiger partial charge is 0.435 e. The van der Waals surface area contributed by atoms with Crippen LogP contribution < -0.4 is 5.32 Å². The first kappa shape index (κ1) is 14.0. The van der Waals surface area contributed by atoms with E-state index in [1.807, 2.05) is 0 Å². The first-order chi connectivity index (χ1) is 9.36. The minimum atomic E-state index is -4.53. The van der Waals surface area contributed by atoms with Crippen LogP contribution in [0.4, 0.5) is 19.0 Å². The summed E-state index contributed by atoms with van der Waals surface area (Å²) in [6, 6.07) is 3.97. The molecule has 2 rings (SSSR count). The van der Waals surface area contributed by atoms with Gasteiger partial charge in [0.25, 0.3) is 0 Å². The maximum Gasteiger partial charge on any atom is 0.435 e. The van der Waals surface area contributed by atoms with E-state index in [1.54, 1.807) is 6.07 Å². The fourth-order valence-corrected chi connectivity index (χ4v) is 1.50. The van der Waals surface area contributed by atoms with E-state index in [2.05, 4.69) is 20.6 Å². The van der Waals surface area contributed by atoms with Crippen molar-refractivity contribution in [2.45, 2.75) is 19.6 Å². The summed E-state index contributed by atoms with van der Waals surface area (Å²) in [6.45, 7) is 1.11. The van der Waals surface area contributed by atoms with E-state index in [4.69, 9.17) is 0 Å². The van der Waals surface area contributed by atoms with Gasteiger partial charge in [-0.3, -0.25) is 9.48 Å². The van der Waals surface area contributed by atoms with Crippen LogP contribution in [-0.2, 0) is 17.5 Å². The Hall–Kier alpha value is -2.45. The molecule has 20 heavy (non-hydrogen) atoms. The van der Waals surface area contributed by atoms with Crippen molar-refractivity contribution in [3.8, 4) is 0 Å². The van der Waals surface area contributed by atoms with Gasteiger partial charge in [0.2, 0.25) is 5.91 Å². The van der Waals surface area contributed by atoms with Crippen LogP contribution in [0.2, 0.25) is 0 Å². The second kappa shape index (κ2) is 5.27. The van der Waals surface area contributed by atoms with E-state index in [-0.39, 0.29) is 18.1 Å². The molecule has 0 aliphatic carbocycles. The molecule has 106 valence electrons. The summed E-state index contributed by atoms with van der Waals surface area (Å²) in [6.07, 6.45) is -3.10. The van der Waals surface area contributed by atoms with Crippen LogP contribution in [0.15, 0.2) is 24.4 Å². The molecule has 2 aromatic heterocycles. The number of amides is 1. The topological polar surface area (TPSA) is 72.7 Å². The number of carbonyl (C=O) groups excluding carboxylic acids is 1.